The zero-order valence-electron chi connectivity index (χ0n) is 32.1. The Morgan fingerprint density at radius 3 is 2.35 bits per heavy atom. The molecule has 4 N–H and O–H groups in total. The van der Waals surface area contributed by atoms with Crippen molar-refractivity contribution in [2.75, 3.05) is 13.7 Å². The molecule has 1 saturated heterocycles. The van der Waals surface area contributed by atoms with Crippen molar-refractivity contribution >= 4 is 44.5 Å². The number of ether oxygens (including phenoxy) is 2. The molecule has 7 atom stereocenters. The standard InChI is InChI=1S/C38H53N7O8S/c1-22-12-8-9-13-24-20-38(24,34(48)44-54(50,51)37(6)16-17-37)40-30(46)28-19-25(53-32-27-15-11-10-14-26(27)31(52-7)42-43-32)21-45(28)33(47)29(23(2)18-22)39-35(49)41-36(3,4)5/h9-11,13-15,22-25,28-29H,8,12,16-21H2,1-7H3,(H,40,46)(H,44,48)(H2,39,41,49)/b13-9-/t22-,23-,24-,25-,28+,29+,38-/m1/s1. The van der Waals surface area contributed by atoms with Gasteiger partial charge in [0.2, 0.25) is 33.6 Å². The average Bonchev–Trinajstić information content (AvgIpc) is 3.98. The lowest BCUT2D eigenvalue weighted by Gasteiger charge is -2.33. The first-order valence-corrected chi connectivity index (χ1v) is 20.3. The number of nitrogens with one attached hydrogen (secondary N) is 4. The highest BCUT2D eigenvalue weighted by atomic mass is 32.2. The van der Waals surface area contributed by atoms with Crippen molar-refractivity contribution in [3.05, 3.63) is 36.4 Å². The molecule has 2 aromatic rings. The fourth-order valence-corrected chi connectivity index (χ4v) is 8.88. The van der Waals surface area contributed by atoms with Crippen molar-refractivity contribution in [2.24, 2.45) is 17.8 Å². The van der Waals surface area contributed by atoms with E-state index < -0.39 is 73.7 Å². The maximum atomic E-state index is 14.8. The number of allylic oxidation sites excluding steroid dienone is 1. The molecule has 5 amide bonds. The minimum atomic E-state index is -4.00. The summed E-state index contributed by atoms with van der Waals surface area (Å²) in [6.45, 7) is 11.1. The second-order valence-corrected chi connectivity index (χ2v) is 19.0. The largest absolute Gasteiger partial charge is 0.479 e. The van der Waals surface area contributed by atoms with Gasteiger partial charge in [-0.05, 0) is 90.2 Å². The summed E-state index contributed by atoms with van der Waals surface area (Å²) in [5.41, 5.74) is -2.10. The lowest BCUT2D eigenvalue weighted by atomic mass is 9.88. The molecule has 0 spiro atoms. The molecule has 54 heavy (non-hydrogen) atoms. The number of fused-ring (bicyclic) bond motifs is 3. The molecule has 1 aromatic heterocycles. The van der Waals surface area contributed by atoms with Gasteiger partial charge in [-0.25, -0.2) is 13.2 Å². The van der Waals surface area contributed by atoms with E-state index in [1.165, 1.54) is 12.0 Å². The van der Waals surface area contributed by atoms with Crippen LogP contribution in [0.25, 0.3) is 10.8 Å². The molecule has 2 aliphatic carbocycles. The van der Waals surface area contributed by atoms with E-state index in [1.807, 2.05) is 64.1 Å². The van der Waals surface area contributed by atoms with Gasteiger partial charge in [0.1, 0.15) is 23.7 Å². The summed E-state index contributed by atoms with van der Waals surface area (Å²) < 4.78 is 39.4. The van der Waals surface area contributed by atoms with Crippen molar-refractivity contribution in [2.45, 2.75) is 121 Å². The van der Waals surface area contributed by atoms with Crippen molar-refractivity contribution in [1.82, 2.24) is 35.8 Å². The topological polar surface area (TPSA) is 198 Å². The fraction of sp³-hybridized carbons (Fsp3) is 0.632. The minimum absolute atomic E-state index is 0.0277. The zero-order valence-corrected chi connectivity index (χ0v) is 32.9. The van der Waals surface area contributed by atoms with Crippen LogP contribution >= 0.6 is 0 Å². The number of rotatable bonds is 7. The molecule has 294 valence electrons. The van der Waals surface area contributed by atoms with Crippen LogP contribution in [0.5, 0.6) is 11.8 Å². The van der Waals surface area contributed by atoms with E-state index in [0.717, 1.165) is 6.42 Å². The Kier molecular flexibility index (Phi) is 10.6. The van der Waals surface area contributed by atoms with Gasteiger partial charge >= 0.3 is 6.03 Å². The van der Waals surface area contributed by atoms with Crippen LogP contribution in [0.1, 0.15) is 86.5 Å². The second-order valence-electron chi connectivity index (χ2n) is 16.8. The number of benzene rings is 1. The molecule has 2 saturated carbocycles. The zero-order chi connectivity index (χ0) is 39.2. The van der Waals surface area contributed by atoms with Gasteiger partial charge in [-0.3, -0.25) is 19.1 Å². The first-order chi connectivity index (χ1) is 25.4. The summed E-state index contributed by atoms with van der Waals surface area (Å²) in [5.74, 6) is -1.99. The van der Waals surface area contributed by atoms with Gasteiger partial charge in [-0.15, -0.1) is 10.2 Å². The molecule has 0 radical (unpaired) electrons. The van der Waals surface area contributed by atoms with Crippen LogP contribution in [0.15, 0.2) is 36.4 Å². The number of sulfonamides is 1. The molecule has 2 aliphatic heterocycles. The van der Waals surface area contributed by atoms with E-state index in [0.29, 0.717) is 42.3 Å². The van der Waals surface area contributed by atoms with Crippen LogP contribution in [0, 0.1) is 17.8 Å². The van der Waals surface area contributed by atoms with E-state index in [9.17, 15) is 27.6 Å². The normalized spacial score (nSPS) is 30.4. The Morgan fingerprint density at radius 2 is 1.70 bits per heavy atom. The van der Waals surface area contributed by atoms with E-state index in [1.54, 1.807) is 6.92 Å². The number of nitrogens with zero attached hydrogens (tertiary/aromatic N) is 3. The summed E-state index contributed by atoms with van der Waals surface area (Å²) in [4.78, 5) is 57.8. The highest BCUT2D eigenvalue weighted by Gasteiger charge is 2.63. The van der Waals surface area contributed by atoms with Crippen molar-refractivity contribution in [1.29, 1.82) is 0 Å². The highest BCUT2D eigenvalue weighted by molar-refractivity contribution is 7.91. The van der Waals surface area contributed by atoms with Gasteiger partial charge < -0.3 is 30.3 Å². The molecule has 4 aliphatic rings. The Bertz CT molecular complexity index is 1940. The lowest BCUT2D eigenvalue weighted by Crippen LogP contribution is -2.60. The van der Waals surface area contributed by atoms with Gasteiger partial charge in [0.15, 0.2) is 0 Å². The molecule has 6 rings (SSSR count). The quantitative estimate of drug-likeness (QED) is 0.303. The molecular formula is C38H53N7O8S. The summed E-state index contributed by atoms with van der Waals surface area (Å²) >= 11 is 0. The number of methoxy groups -OCH3 is 1. The van der Waals surface area contributed by atoms with Gasteiger partial charge in [0, 0.05) is 17.9 Å². The number of carbonyl (C=O) groups excluding carboxylic acids is 4. The predicted molar refractivity (Wildman–Crippen MR) is 201 cm³/mol. The lowest BCUT2D eigenvalue weighted by molar-refractivity contribution is -0.142. The molecule has 1 aromatic carbocycles. The highest BCUT2D eigenvalue weighted by Crippen LogP contribution is 2.47. The van der Waals surface area contributed by atoms with Crippen LogP contribution in [0.4, 0.5) is 4.79 Å². The van der Waals surface area contributed by atoms with Crippen molar-refractivity contribution < 1.29 is 37.1 Å². The van der Waals surface area contributed by atoms with Crippen molar-refractivity contribution in [3.8, 4) is 11.8 Å². The van der Waals surface area contributed by atoms with Crippen molar-refractivity contribution in [3.63, 3.8) is 0 Å². The molecule has 16 heteroatoms. The summed E-state index contributed by atoms with van der Waals surface area (Å²) in [6, 6.07) is 4.64. The maximum Gasteiger partial charge on any atom is 0.315 e. The van der Waals surface area contributed by atoms with E-state index in [-0.39, 0.29) is 37.1 Å². The first kappa shape index (κ1) is 39.2. The van der Waals surface area contributed by atoms with Crippen LogP contribution in [-0.4, -0.2) is 94.9 Å². The Hall–Kier alpha value is -4.47. The molecule has 0 unspecified atom stereocenters. The second kappa shape index (κ2) is 14.6. The SMILES string of the molecule is COc1nnc(O[C@@H]2C[C@H]3C(=O)N[C@]4(C(=O)NS(=O)(=O)C5(C)CC5)C[C@H]4/C=C\CC[C@@H](C)C[C@@H](C)[C@H](NC(=O)NC(C)(C)C)C(=O)N3C2)c2ccccc12. The van der Waals surface area contributed by atoms with E-state index in [2.05, 4.69) is 37.8 Å². The summed E-state index contributed by atoms with van der Waals surface area (Å²) in [7, 11) is -2.50. The number of hydrogen-bond acceptors (Lipinski definition) is 10. The first-order valence-electron chi connectivity index (χ1n) is 18.8. The molecule has 3 fully saturated rings. The third-order valence-electron chi connectivity index (χ3n) is 11.1. The van der Waals surface area contributed by atoms with Crippen LogP contribution < -0.4 is 30.1 Å². The van der Waals surface area contributed by atoms with Gasteiger partial charge in [-0.2, -0.15) is 0 Å². The fourth-order valence-electron chi connectivity index (χ4n) is 7.57. The van der Waals surface area contributed by atoms with E-state index >= 15 is 0 Å². The number of hydrogen-bond donors (Lipinski definition) is 4. The minimum Gasteiger partial charge on any atom is -0.479 e. The molecular weight excluding hydrogens is 715 g/mol. The number of aromatic nitrogens is 2. The van der Waals surface area contributed by atoms with Crippen LogP contribution in [0.2, 0.25) is 0 Å². The number of urea groups is 1. The number of amides is 5. The van der Waals surface area contributed by atoms with Crippen LogP contribution in [0.3, 0.4) is 0 Å². The van der Waals surface area contributed by atoms with Crippen LogP contribution in [-0.2, 0) is 24.4 Å². The molecule has 3 heterocycles. The predicted octanol–water partition coefficient (Wildman–Crippen LogP) is 3.34. The third kappa shape index (κ3) is 8.13. The molecule has 15 nitrogen and oxygen atoms in total. The Balaban J connectivity index is 1.35. The summed E-state index contributed by atoms with van der Waals surface area (Å²) in [6.07, 6.45) is 6.28. The van der Waals surface area contributed by atoms with Gasteiger partial charge in [-0.1, -0.05) is 38.1 Å². The number of carbonyl (C=O) groups is 4. The van der Waals surface area contributed by atoms with Gasteiger partial charge in [0.25, 0.3) is 5.91 Å². The average molecular weight is 768 g/mol. The smallest absolute Gasteiger partial charge is 0.315 e. The monoisotopic (exact) mass is 767 g/mol. The Morgan fingerprint density at radius 1 is 1.04 bits per heavy atom. The maximum absolute atomic E-state index is 14.8. The molecule has 0 bridgehead atoms. The Labute approximate surface area is 316 Å². The summed E-state index contributed by atoms with van der Waals surface area (Å²) in [5, 5.41) is 18.4. The van der Waals surface area contributed by atoms with E-state index in [4.69, 9.17) is 9.47 Å². The third-order valence-corrected chi connectivity index (χ3v) is 13.3. The van der Waals surface area contributed by atoms with Gasteiger partial charge in [0.05, 0.1) is 29.2 Å².